The molecule has 114 valence electrons. The molecule has 6 heteroatoms. The number of rotatable bonds is 6. The van der Waals surface area contributed by atoms with Crippen molar-refractivity contribution in [2.45, 2.75) is 38.1 Å². The van der Waals surface area contributed by atoms with E-state index in [0.29, 0.717) is 4.90 Å². The molecule has 0 fully saturated rings. The molecule has 1 unspecified atom stereocenters. The molecule has 0 radical (unpaired) electrons. The number of aryl methyl sites for hydroxylation is 1. The number of sulfone groups is 1. The van der Waals surface area contributed by atoms with Crippen molar-refractivity contribution < 1.29 is 8.42 Å². The molecule has 0 aliphatic rings. The molecule has 4 nitrogen and oxygen atoms in total. The van der Waals surface area contributed by atoms with Crippen molar-refractivity contribution in [1.29, 1.82) is 0 Å². The zero-order chi connectivity index (χ0) is 15.5. The van der Waals surface area contributed by atoms with Crippen LogP contribution in [0.2, 0.25) is 0 Å². The van der Waals surface area contributed by atoms with Gasteiger partial charge in [0.05, 0.1) is 16.7 Å². The van der Waals surface area contributed by atoms with E-state index in [1.165, 1.54) is 4.88 Å². The lowest BCUT2D eigenvalue weighted by Gasteiger charge is -2.13. The van der Waals surface area contributed by atoms with Gasteiger partial charge in [-0.2, -0.15) is 0 Å². The van der Waals surface area contributed by atoms with Crippen LogP contribution in [0.3, 0.4) is 0 Å². The number of nitrogens with zero attached hydrogens (tertiary/aromatic N) is 1. The van der Waals surface area contributed by atoms with Gasteiger partial charge in [-0.05, 0) is 37.6 Å². The SMILES string of the molecule is CCc1cnc(C(C)Nc2ccc(S(=O)(=O)CC)cc2)s1. The Morgan fingerprint density at radius 2 is 1.90 bits per heavy atom. The molecule has 1 N–H and O–H groups in total. The van der Waals surface area contributed by atoms with E-state index in [0.717, 1.165) is 17.1 Å². The first kappa shape index (κ1) is 16.0. The Labute approximate surface area is 130 Å². The molecule has 0 aliphatic heterocycles. The van der Waals surface area contributed by atoms with Crippen molar-refractivity contribution in [3.8, 4) is 0 Å². The van der Waals surface area contributed by atoms with Gasteiger partial charge in [0.2, 0.25) is 0 Å². The van der Waals surface area contributed by atoms with Crippen molar-refractivity contribution in [3.05, 3.63) is 40.3 Å². The highest BCUT2D eigenvalue weighted by Gasteiger charge is 2.13. The fourth-order valence-electron chi connectivity index (χ4n) is 1.92. The van der Waals surface area contributed by atoms with Crippen LogP contribution in [0.15, 0.2) is 35.4 Å². The normalized spacial score (nSPS) is 13.1. The molecule has 1 aromatic carbocycles. The predicted octanol–water partition coefficient (Wildman–Crippen LogP) is 3.67. The largest absolute Gasteiger partial charge is 0.376 e. The summed E-state index contributed by atoms with van der Waals surface area (Å²) in [5.74, 6) is 0.120. The zero-order valence-corrected chi connectivity index (χ0v) is 14.1. The van der Waals surface area contributed by atoms with Crippen molar-refractivity contribution >= 4 is 26.9 Å². The van der Waals surface area contributed by atoms with E-state index in [4.69, 9.17) is 0 Å². The van der Waals surface area contributed by atoms with Gasteiger partial charge < -0.3 is 5.32 Å². The van der Waals surface area contributed by atoms with Crippen LogP contribution in [0.1, 0.15) is 36.7 Å². The van der Waals surface area contributed by atoms with Gasteiger partial charge >= 0.3 is 0 Å². The summed E-state index contributed by atoms with van der Waals surface area (Å²) in [7, 11) is -3.13. The Bertz CT molecular complexity index is 691. The van der Waals surface area contributed by atoms with Gasteiger partial charge in [-0.15, -0.1) is 11.3 Å². The maximum absolute atomic E-state index is 11.8. The fourth-order valence-corrected chi connectivity index (χ4v) is 3.67. The third-order valence-corrected chi connectivity index (χ3v) is 6.34. The quantitative estimate of drug-likeness (QED) is 0.880. The van der Waals surface area contributed by atoms with Gasteiger partial charge in [0, 0.05) is 16.8 Å². The number of nitrogens with one attached hydrogen (secondary N) is 1. The van der Waals surface area contributed by atoms with Crippen LogP contribution in [0, 0.1) is 0 Å². The standard InChI is InChI=1S/C15H20N2O2S2/c1-4-13-10-16-15(20-13)11(3)17-12-6-8-14(9-7-12)21(18,19)5-2/h6-11,17H,4-5H2,1-3H3. The van der Waals surface area contributed by atoms with Gasteiger partial charge in [-0.3, -0.25) is 0 Å². The van der Waals surface area contributed by atoms with Crippen molar-refractivity contribution in [2.24, 2.45) is 0 Å². The molecule has 2 aromatic rings. The smallest absolute Gasteiger partial charge is 0.178 e. The maximum Gasteiger partial charge on any atom is 0.178 e. The lowest BCUT2D eigenvalue weighted by atomic mass is 10.3. The Balaban J connectivity index is 2.09. The molecule has 0 spiro atoms. The van der Waals surface area contributed by atoms with E-state index >= 15 is 0 Å². The van der Waals surface area contributed by atoms with E-state index in [2.05, 4.69) is 24.1 Å². The maximum atomic E-state index is 11.8. The van der Waals surface area contributed by atoms with Crippen molar-refractivity contribution in [1.82, 2.24) is 4.98 Å². The third-order valence-electron chi connectivity index (χ3n) is 3.27. The minimum atomic E-state index is -3.13. The van der Waals surface area contributed by atoms with Gasteiger partial charge in [0.15, 0.2) is 9.84 Å². The van der Waals surface area contributed by atoms with Gasteiger partial charge in [-0.1, -0.05) is 13.8 Å². The molecule has 0 saturated heterocycles. The Kier molecular flexibility index (Phi) is 5.00. The molecule has 0 amide bonds. The van der Waals surface area contributed by atoms with E-state index in [1.54, 1.807) is 42.5 Å². The molecule has 0 saturated carbocycles. The summed E-state index contributed by atoms with van der Waals surface area (Å²) in [5.41, 5.74) is 0.894. The predicted molar refractivity (Wildman–Crippen MR) is 87.7 cm³/mol. The fraction of sp³-hybridized carbons (Fsp3) is 0.400. The summed E-state index contributed by atoms with van der Waals surface area (Å²) < 4.78 is 23.5. The first-order valence-corrected chi connectivity index (χ1v) is 9.47. The molecule has 0 aliphatic carbocycles. The zero-order valence-electron chi connectivity index (χ0n) is 12.5. The number of benzene rings is 1. The van der Waals surface area contributed by atoms with Crippen LogP contribution in [-0.4, -0.2) is 19.2 Å². The van der Waals surface area contributed by atoms with Crippen LogP contribution in [0.4, 0.5) is 5.69 Å². The minimum absolute atomic E-state index is 0.101. The van der Waals surface area contributed by atoms with Crippen LogP contribution in [0.5, 0.6) is 0 Å². The molecule has 1 heterocycles. The Morgan fingerprint density at radius 1 is 1.24 bits per heavy atom. The average molecular weight is 324 g/mol. The molecule has 0 bridgehead atoms. The van der Waals surface area contributed by atoms with Crippen LogP contribution in [-0.2, 0) is 16.3 Å². The average Bonchev–Trinajstić information content (AvgIpc) is 2.97. The van der Waals surface area contributed by atoms with Gasteiger partial charge in [-0.25, -0.2) is 13.4 Å². The number of hydrogen-bond donors (Lipinski definition) is 1. The summed E-state index contributed by atoms with van der Waals surface area (Å²) >= 11 is 1.70. The lowest BCUT2D eigenvalue weighted by molar-refractivity contribution is 0.597. The van der Waals surface area contributed by atoms with E-state index < -0.39 is 9.84 Å². The Hall–Kier alpha value is -1.40. The summed E-state index contributed by atoms with van der Waals surface area (Å²) in [6.45, 7) is 5.81. The highest BCUT2D eigenvalue weighted by Crippen LogP contribution is 2.24. The number of hydrogen-bond acceptors (Lipinski definition) is 5. The lowest BCUT2D eigenvalue weighted by Crippen LogP contribution is -2.07. The van der Waals surface area contributed by atoms with E-state index in [1.807, 2.05) is 6.20 Å². The van der Waals surface area contributed by atoms with Crippen LogP contribution in [0.25, 0.3) is 0 Å². The Morgan fingerprint density at radius 3 is 2.43 bits per heavy atom. The number of aromatic nitrogens is 1. The van der Waals surface area contributed by atoms with Crippen molar-refractivity contribution in [3.63, 3.8) is 0 Å². The summed E-state index contributed by atoms with van der Waals surface area (Å²) in [6.07, 6.45) is 2.91. The monoisotopic (exact) mass is 324 g/mol. The number of thiazole rings is 1. The van der Waals surface area contributed by atoms with Gasteiger partial charge in [0.25, 0.3) is 0 Å². The van der Waals surface area contributed by atoms with Crippen LogP contribution >= 0.6 is 11.3 Å². The highest BCUT2D eigenvalue weighted by molar-refractivity contribution is 7.91. The summed E-state index contributed by atoms with van der Waals surface area (Å²) in [4.78, 5) is 6.05. The second kappa shape index (κ2) is 6.58. The van der Waals surface area contributed by atoms with E-state index in [9.17, 15) is 8.42 Å². The summed E-state index contributed by atoms with van der Waals surface area (Å²) in [5, 5.41) is 4.38. The topological polar surface area (TPSA) is 59.1 Å². The molecule has 1 atom stereocenters. The minimum Gasteiger partial charge on any atom is -0.376 e. The summed E-state index contributed by atoms with van der Waals surface area (Å²) in [6, 6.07) is 6.99. The van der Waals surface area contributed by atoms with E-state index in [-0.39, 0.29) is 11.8 Å². The van der Waals surface area contributed by atoms with Crippen LogP contribution < -0.4 is 5.32 Å². The second-order valence-corrected chi connectivity index (χ2v) is 8.24. The highest BCUT2D eigenvalue weighted by atomic mass is 32.2. The van der Waals surface area contributed by atoms with Crippen molar-refractivity contribution in [2.75, 3.05) is 11.1 Å². The molecular formula is C15H20N2O2S2. The van der Waals surface area contributed by atoms with Gasteiger partial charge in [0.1, 0.15) is 5.01 Å². The first-order valence-electron chi connectivity index (χ1n) is 7.00. The molecule has 1 aromatic heterocycles. The molecule has 2 rings (SSSR count). The second-order valence-electron chi connectivity index (χ2n) is 4.81. The molecule has 21 heavy (non-hydrogen) atoms. The first-order chi connectivity index (χ1) is 9.96. The number of anilines is 1. The molecular weight excluding hydrogens is 304 g/mol. The third kappa shape index (κ3) is 3.83.